The van der Waals surface area contributed by atoms with Crippen LogP contribution in [0.3, 0.4) is 0 Å². The predicted molar refractivity (Wildman–Crippen MR) is 102 cm³/mol. The molecule has 0 radical (unpaired) electrons. The van der Waals surface area contributed by atoms with Crippen molar-refractivity contribution in [2.75, 3.05) is 12.3 Å². The highest BCUT2D eigenvalue weighted by molar-refractivity contribution is 6.30. The fraction of sp³-hybridized carbons (Fsp3) is 0.222. The van der Waals surface area contributed by atoms with Gasteiger partial charge in [-0.05, 0) is 30.2 Å². The number of carbonyl (C=O) groups is 2. The molecule has 0 amide bonds. The average molecular weight is 410 g/mol. The first kappa shape index (κ1) is 21.1. The number of carbonyl (C=O) groups excluding carboxylic acids is 2. The van der Waals surface area contributed by atoms with Gasteiger partial charge in [0.25, 0.3) is 5.56 Å². The molecule has 8 nitrogen and oxygen atoms in total. The van der Waals surface area contributed by atoms with Gasteiger partial charge in [-0.1, -0.05) is 24.6 Å². The Hall–Kier alpha value is -3.20. The quantitative estimate of drug-likeness (QED) is 0.408. The van der Waals surface area contributed by atoms with Gasteiger partial charge in [0, 0.05) is 12.6 Å². The summed E-state index contributed by atoms with van der Waals surface area (Å²) in [5, 5.41) is -0.109. The van der Waals surface area contributed by atoms with E-state index in [2.05, 4.69) is 0 Å². The number of benzene rings is 1. The molecule has 2 aromatic rings. The fourth-order valence-corrected chi connectivity index (χ4v) is 2.53. The van der Waals surface area contributed by atoms with E-state index in [4.69, 9.17) is 22.1 Å². The zero-order chi connectivity index (χ0) is 20.8. The van der Waals surface area contributed by atoms with Gasteiger partial charge in [0.05, 0.1) is 5.02 Å². The van der Waals surface area contributed by atoms with Gasteiger partial charge >= 0.3 is 11.7 Å². The number of nitrogens with zero attached hydrogens (tertiary/aromatic N) is 1. The number of halogens is 2. The zero-order valence-corrected chi connectivity index (χ0v) is 15.6. The fourth-order valence-electron chi connectivity index (χ4n) is 2.34. The van der Waals surface area contributed by atoms with Gasteiger partial charge < -0.3 is 10.5 Å². The minimum Gasteiger partial charge on any atom is -0.454 e. The number of esters is 1. The lowest BCUT2D eigenvalue weighted by Gasteiger charge is -2.10. The standard InChI is InChI=1S/C18H17ClFN3O5/c1-2-7-23-16(21)15(17(26)22-18(23)27)13(24)9-28-14(25)6-4-10-3-5-12(20)11(19)8-10/h3-6,8H,2,7,9,21H2,1H3,(H,22,26,27)/b6-4+. The number of ether oxygens (including phenoxy) is 1. The summed E-state index contributed by atoms with van der Waals surface area (Å²) in [7, 11) is 0. The maximum Gasteiger partial charge on any atom is 0.331 e. The summed E-state index contributed by atoms with van der Waals surface area (Å²) in [6.07, 6.45) is 2.89. The van der Waals surface area contributed by atoms with Crippen LogP contribution in [0.1, 0.15) is 29.3 Å². The maximum atomic E-state index is 13.1. The molecular weight excluding hydrogens is 393 g/mol. The minimum atomic E-state index is -0.951. The van der Waals surface area contributed by atoms with Gasteiger partial charge in [-0.25, -0.2) is 14.0 Å². The summed E-state index contributed by atoms with van der Waals surface area (Å²) >= 11 is 5.64. The Morgan fingerprint density at radius 2 is 2.07 bits per heavy atom. The number of ketones is 1. The first-order valence-corrected chi connectivity index (χ1v) is 8.58. The molecule has 1 heterocycles. The van der Waals surface area contributed by atoms with Crippen molar-refractivity contribution in [2.45, 2.75) is 19.9 Å². The van der Waals surface area contributed by atoms with E-state index in [9.17, 15) is 23.6 Å². The van der Waals surface area contributed by atoms with Crippen molar-refractivity contribution >= 4 is 35.2 Å². The molecule has 148 valence electrons. The second-order valence-electron chi connectivity index (χ2n) is 5.71. The third kappa shape index (κ3) is 4.95. The van der Waals surface area contributed by atoms with Crippen LogP contribution in [0, 0.1) is 5.82 Å². The second kappa shape index (κ2) is 9.14. The van der Waals surface area contributed by atoms with Crippen LogP contribution in [0.15, 0.2) is 33.9 Å². The van der Waals surface area contributed by atoms with Gasteiger partial charge in [0.15, 0.2) is 6.61 Å². The number of H-pyrrole nitrogens is 1. The van der Waals surface area contributed by atoms with Crippen molar-refractivity contribution in [2.24, 2.45) is 0 Å². The Morgan fingerprint density at radius 1 is 1.36 bits per heavy atom. The van der Waals surface area contributed by atoms with Crippen molar-refractivity contribution in [1.82, 2.24) is 9.55 Å². The minimum absolute atomic E-state index is 0.109. The summed E-state index contributed by atoms with van der Waals surface area (Å²) in [5.41, 5.74) is 4.09. The molecule has 0 saturated heterocycles. The number of nitrogens with one attached hydrogen (secondary N) is 1. The normalized spacial score (nSPS) is 11.0. The zero-order valence-electron chi connectivity index (χ0n) is 14.8. The third-order valence-electron chi connectivity index (χ3n) is 3.67. The monoisotopic (exact) mass is 409 g/mol. The van der Waals surface area contributed by atoms with Crippen LogP contribution >= 0.6 is 11.6 Å². The first-order chi connectivity index (χ1) is 13.2. The molecule has 2 rings (SSSR count). The van der Waals surface area contributed by atoms with Gasteiger partial charge in [0.2, 0.25) is 5.78 Å². The van der Waals surface area contributed by atoms with E-state index < -0.39 is 41.0 Å². The Morgan fingerprint density at radius 3 is 2.71 bits per heavy atom. The van der Waals surface area contributed by atoms with Crippen LogP contribution < -0.4 is 17.0 Å². The Kier molecular flexibility index (Phi) is 6.89. The highest BCUT2D eigenvalue weighted by Crippen LogP contribution is 2.16. The molecule has 0 spiro atoms. The van der Waals surface area contributed by atoms with Gasteiger partial charge in [0.1, 0.15) is 17.2 Å². The summed E-state index contributed by atoms with van der Waals surface area (Å²) in [6.45, 7) is 1.26. The SMILES string of the molecule is CCCn1c(N)c(C(=O)COC(=O)/C=C/c2ccc(F)c(Cl)c2)c(=O)[nH]c1=O. The third-order valence-corrected chi connectivity index (χ3v) is 3.96. The summed E-state index contributed by atoms with van der Waals surface area (Å²) in [6, 6.07) is 3.84. The van der Waals surface area contributed by atoms with Crippen molar-refractivity contribution < 1.29 is 18.7 Å². The summed E-state index contributed by atoms with van der Waals surface area (Å²) < 4.78 is 19.0. The molecule has 0 aliphatic carbocycles. The molecule has 1 aromatic carbocycles. The molecule has 3 N–H and O–H groups in total. The number of rotatable bonds is 7. The Labute approximate surface area is 163 Å². The average Bonchev–Trinajstić information content (AvgIpc) is 2.64. The van der Waals surface area contributed by atoms with E-state index in [0.29, 0.717) is 12.0 Å². The smallest absolute Gasteiger partial charge is 0.331 e. The number of nitrogens with two attached hydrogens (primary N) is 1. The van der Waals surface area contributed by atoms with Crippen molar-refractivity contribution in [3.8, 4) is 0 Å². The van der Waals surface area contributed by atoms with Gasteiger partial charge in [-0.15, -0.1) is 0 Å². The molecule has 0 aliphatic rings. The molecule has 0 saturated carbocycles. The van der Waals surface area contributed by atoms with Crippen LogP contribution in [-0.2, 0) is 16.1 Å². The highest BCUT2D eigenvalue weighted by atomic mass is 35.5. The van der Waals surface area contributed by atoms with Crippen LogP contribution in [-0.4, -0.2) is 27.9 Å². The number of nitrogen functional groups attached to an aromatic ring is 1. The maximum absolute atomic E-state index is 13.1. The number of hydrogen-bond acceptors (Lipinski definition) is 6. The molecule has 10 heteroatoms. The number of aromatic amines is 1. The molecule has 0 atom stereocenters. The molecule has 0 aliphatic heterocycles. The van der Waals surface area contributed by atoms with E-state index >= 15 is 0 Å². The van der Waals surface area contributed by atoms with Crippen LogP contribution in [0.5, 0.6) is 0 Å². The topological polar surface area (TPSA) is 124 Å². The van der Waals surface area contributed by atoms with Crippen molar-refractivity contribution in [1.29, 1.82) is 0 Å². The molecule has 0 fully saturated rings. The number of hydrogen-bond donors (Lipinski definition) is 2. The Balaban J connectivity index is 2.09. The lowest BCUT2D eigenvalue weighted by atomic mass is 10.2. The van der Waals surface area contributed by atoms with Crippen molar-refractivity contribution in [3.05, 3.63) is 67.1 Å². The first-order valence-electron chi connectivity index (χ1n) is 8.20. The van der Waals surface area contributed by atoms with Crippen LogP contribution in [0.2, 0.25) is 5.02 Å². The number of anilines is 1. The summed E-state index contributed by atoms with van der Waals surface area (Å²) in [5.74, 6) is -2.60. The molecule has 0 bridgehead atoms. The molecule has 0 unspecified atom stereocenters. The molecule has 28 heavy (non-hydrogen) atoms. The van der Waals surface area contributed by atoms with Gasteiger partial charge in [-0.2, -0.15) is 0 Å². The Bertz CT molecular complexity index is 1060. The predicted octanol–water partition coefficient (Wildman–Crippen LogP) is 1.76. The second-order valence-corrected chi connectivity index (χ2v) is 6.12. The largest absolute Gasteiger partial charge is 0.454 e. The highest BCUT2D eigenvalue weighted by Gasteiger charge is 2.20. The van der Waals surface area contributed by atoms with Gasteiger partial charge in [-0.3, -0.25) is 19.1 Å². The van der Waals surface area contributed by atoms with E-state index in [1.165, 1.54) is 18.2 Å². The van der Waals surface area contributed by atoms with Crippen LogP contribution in [0.4, 0.5) is 10.2 Å². The van der Waals surface area contributed by atoms with Crippen molar-refractivity contribution in [3.63, 3.8) is 0 Å². The molecular formula is C18H17ClFN3O5. The number of Topliss-reactive ketones (excluding diaryl/α,β-unsaturated/α-hetero) is 1. The van der Waals surface area contributed by atoms with E-state index in [1.807, 2.05) is 4.98 Å². The van der Waals surface area contributed by atoms with E-state index in [1.54, 1.807) is 6.92 Å². The molecule has 1 aromatic heterocycles. The van der Waals surface area contributed by atoms with E-state index in [-0.39, 0.29) is 17.4 Å². The lowest BCUT2D eigenvalue weighted by Crippen LogP contribution is -2.37. The summed E-state index contributed by atoms with van der Waals surface area (Å²) in [4.78, 5) is 49.7. The van der Waals surface area contributed by atoms with E-state index in [0.717, 1.165) is 16.7 Å². The van der Waals surface area contributed by atoms with Crippen LogP contribution in [0.25, 0.3) is 6.08 Å². The number of aromatic nitrogens is 2. The lowest BCUT2D eigenvalue weighted by molar-refractivity contribution is -0.136.